The Morgan fingerprint density at radius 3 is 1.07 bits per heavy atom. The molecule has 6 saturated carbocycles. The number of carbonyl (C=O) groups is 6. The highest BCUT2D eigenvalue weighted by Crippen LogP contribution is 2.37. The normalized spacial score (nSPS) is 14.3. The number of hydrogen-bond acceptors (Lipinski definition) is 18. The van der Waals surface area contributed by atoms with E-state index in [-0.39, 0.29) is 123 Å². The van der Waals surface area contributed by atoms with E-state index >= 15 is 0 Å². The fourth-order valence-corrected chi connectivity index (χ4v) is 16.7. The van der Waals surface area contributed by atoms with Crippen molar-refractivity contribution in [3.8, 4) is 35.5 Å². The van der Waals surface area contributed by atoms with Crippen molar-refractivity contribution in [3.63, 3.8) is 0 Å². The Morgan fingerprint density at radius 2 is 0.727 bits per heavy atom. The number of halogens is 1. The van der Waals surface area contributed by atoms with E-state index in [1.54, 1.807) is 91.5 Å². The van der Waals surface area contributed by atoms with Gasteiger partial charge in [0.05, 0.1) is 24.5 Å². The van der Waals surface area contributed by atoms with Gasteiger partial charge in [0.25, 0.3) is 16.7 Å². The Balaban J connectivity index is 0.000000142. The van der Waals surface area contributed by atoms with Crippen molar-refractivity contribution in [1.82, 2.24) is 56.1 Å². The molecule has 656 valence electrons. The zero-order valence-corrected chi connectivity index (χ0v) is 74.6. The number of aryl methyl sites for hydroxylation is 3. The van der Waals surface area contributed by atoms with Crippen molar-refractivity contribution in [1.29, 1.82) is 0 Å². The van der Waals surface area contributed by atoms with Crippen LogP contribution in [0.2, 0.25) is 0 Å². The number of sulfone groups is 1. The van der Waals surface area contributed by atoms with E-state index in [1.807, 2.05) is 48.5 Å². The molecule has 36 heteroatoms. The topological polar surface area (TPSA) is 397 Å². The SMILES string of the molecule is BrCc1ccccc1.Cn1c(=O)c2c([nH]c(=S)n2C)n(CC#Cc2cc(NC(=O)C3CC3)cc(NC(=O)C3CC3)c2)c1=O.Cn1c(=O)c2c(nc(S(=O)(=O)c3ccccc3)n2C)n(CC#Cc2cc(NC(=O)C3CC3)cc(NC(=O)C3CC3)c2)c1=O.Cn1c(=O)c2c(nc(SCc3ccccc3)n2C)n(CC#Cc2cc(NC(=O)C3CC3)cc(NC(=O)C3CC3)c2)c1=O. The number of rotatable bonds is 21. The molecular formula is C92H89BrN18O14S3. The molecule has 0 radical (unpaired) electrons. The monoisotopic (exact) mass is 1840 g/mol. The Bertz CT molecular complexity index is 7160. The number of anilines is 6. The van der Waals surface area contributed by atoms with Crippen LogP contribution < -0.4 is 65.6 Å². The van der Waals surface area contributed by atoms with E-state index in [9.17, 15) is 66.0 Å². The predicted molar refractivity (Wildman–Crippen MR) is 493 cm³/mol. The van der Waals surface area contributed by atoms with E-state index < -0.39 is 43.6 Å². The standard InChI is InChI=1S/C31H30N6O4S.C30H28N6O6S.C24H24N6O4S.C7H7Br/c1-35-25-26(34-30(35)42-18-19-7-4-3-5-8-19)37(31(41)36(2)29(25)40)14-6-9-20-15-23(32-27(38)21-10-11-21)17-24(16-20)33-28(39)22-12-13-22;1-34-24-25(33-29(34)43(41,42)23-8-4-3-5-9-23)36(30(40)35(2)28(24)39)14-6-7-18-15-21(31-26(37)19-10-11-19)17-22(16-18)32-27(38)20-12-13-20;1-28-18-19(27-23(28)35)30(24(34)29(2)22(18)33)9-3-4-13-10-16(25-20(31)14-5-6-14)12-17(11-13)26-21(32)15-7-8-15;8-6-7-4-2-1-3-5-7/h3-5,7-8,15-17,21-22H,10-14,18H2,1-2H3,(H,32,38)(H,33,39);3-5,8-9,15-17,19-20H,10-14H2,1-2H3,(H,31,37)(H,32,38);10-12,14-15H,5-9H2,1-2H3,(H,25,31)(H,26,32)(H,27,35);1-5H,6H2. The number of fused-ring (bicyclic) bond motifs is 3. The van der Waals surface area contributed by atoms with Gasteiger partial charge in [0.15, 0.2) is 37.8 Å². The maximum atomic E-state index is 13.4. The second-order valence-electron chi connectivity index (χ2n) is 32.2. The van der Waals surface area contributed by atoms with Crippen LogP contribution in [0.25, 0.3) is 33.5 Å². The molecule has 0 saturated heterocycles. The number of nitrogens with one attached hydrogen (secondary N) is 7. The van der Waals surface area contributed by atoms with E-state index in [2.05, 4.69) is 110 Å². The van der Waals surface area contributed by atoms with Crippen molar-refractivity contribution in [3.05, 3.63) is 241 Å². The third kappa shape index (κ3) is 21.0. The summed E-state index contributed by atoms with van der Waals surface area (Å²) in [5.41, 5.74) is 4.96. The molecule has 128 heavy (non-hydrogen) atoms. The molecule has 0 spiro atoms. The van der Waals surface area contributed by atoms with Crippen molar-refractivity contribution in [2.45, 2.75) is 123 Å². The van der Waals surface area contributed by atoms with Crippen LogP contribution in [0.5, 0.6) is 0 Å². The lowest BCUT2D eigenvalue weighted by Gasteiger charge is -2.10. The van der Waals surface area contributed by atoms with Crippen molar-refractivity contribution in [2.75, 3.05) is 31.9 Å². The molecule has 12 aromatic rings. The number of hydrogen-bond donors (Lipinski definition) is 7. The summed E-state index contributed by atoms with van der Waals surface area (Å²) in [4.78, 5) is 164. The lowest BCUT2D eigenvalue weighted by molar-refractivity contribution is -0.118. The largest absolute Gasteiger partial charge is 0.333 e. The minimum absolute atomic E-state index is 0.00116. The predicted octanol–water partition coefficient (Wildman–Crippen LogP) is 9.92. The lowest BCUT2D eigenvalue weighted by atomic mass is 10.1. The highest BCUT2D eigenvalue weighted by Gasteiger charge is 2.36. The number of nitrogens with zero attached hydrogens (tertiary/aromatic N) is 11. The maximum Gasteiger partial charge on any atom is 0.333 e. The lowest BCUT2D eigenvalue weighted by Crippen LogP contribution is -2.38. The molecule has 6 aromatic carbocycles. The zero-order valence-electron chi connectivity index (χ0n) is 70.6. The van der Waals surface area contributed by atoms with Gasteiger partial charge in [0, 0.05) is 140 Å². The fourth-order valence-electron chi connectivity index (χ4n) is 13.8. The first kappa shape index (κ1) is 89.1. The molecule has 7 N–H and O–H groups in total. The Kier molecular flexibility index (Phi) is 26.6. The van der Waals surface area contributed by atoms with Crippen molar-refractivity contribution in [2.24, 2.45) is 77.8 Å². The number of benzene rings is 6. The molecule has 32 nitrogen and oxygen atoms in total. The van der Waals surface area contributed by atoms with Crippen LogP contribution in [-0.4, -0.2) is 99.9 Å². The number of aromatic amines is 1. The third-order valence-electron chi connectivity index (χ3n) is 22.0. The van der Waals surface area contributed by atoms with Gasteiger partial charge in [-0.25, -0.2) is 27.8 Å². The van der Waals surface area contributed by atoms with E-state index in [0.29, 0.717) is 77.7 Å². The fraction of sp³-hybridized carbons (Fsp3) is 0.315. The van der Waals surface area contributed by atoms with Gasteiger partial charge in [-0.15, -0.1) is 0 Å². The second kappa shape index (κ2) is 38.2. The molecule has 0 bridgehead atoms. The summed E-state index contributed by atoms with van der Waals surface area (Å²) < 4.78 is 38.3. The van der Waals surface area contributed by atoms with Crippen LogP contribution in [0.15, 0.2) is 190 Å². The number of carbonyl (C=O) groups excluding carboxylic acids is 6. The molecule has 6 aliphatic rings. The van der Waals surface area contributed by atoms with Crippen LogP contribution in [0, 0.1) is 75.8 Å². The number of alkyl halides is 1. The summed E-state index contributed by atoms with van der Waals surface area (Å²) in [6, 6.07) is 43.3. The van der Waals surface area contributed by atoms with Gasteiger partial charge in [-0.05, 0) is 167 Å². The smallest absolute Gasteiger partial charge is 0.326 e. The highest BCUT2D eigenvalue weighted by molar-refractivity contribution is 9.08. The second-order valence-corrected chi connectivity index (χ2v) is 36.0. The maximum absolute atomic E-state index is 13.4. The number of thioether (sulfide) groups is 1. The summed E-state index contributed by atoms with van der Waals surface area (Å²) in [6.07, 6.45) is 10.3. The average Bonchev–Trinajstić information content (AvgIpc) is 1.43. The van der Waals surface area contributed by atoms with Gasteiger partial charge in [-0.1, -0.05) is 142 Å². The van der Waals surface area contributed by atoms with Gasteiger partial charge in [-0.3, -0.25) is 70.6 Å². The molecule has 6 heterocycles. The Morgan fingerprint density at radius 1 is 0.414 bits per heavy atom. The van der Waals surface area contributed by atoms with Crippen LogP contribution in [0.3, 0.4) is 0 Å². The molecule has 6 amide bonds. The van der Waals surface area contributed by atoms with Crippen molar-refractivity contribution < 1.29 is 37.2 Å². The summed E-state index contributed by atoms with van der Waals surface area (Å²) >= 11 is 10.1. The Labute approximate surface area is 750 Å². The molecule has 6 aliphatic carbocycles. The zero-order chi connectivity index (χ0) is 90.5. The van der Waals surface area contributed by atoms with E-state index in [4.69, 9.17) is 12.2 Å². The summed E-state index contributed by atoms with van der Waals surface area (Å²) in [5, 5.41) is 18.6. The third-order valence-corrected chi connectivity index (χ3v) is 25.9. The minimum atomic E-state index is -4.10. The van der Waals surface area contributed by atoms with Crippen LogP contribution in [0.1, 0.15) is 105 Å². The summed E-state index contributed by atoms with van der Waals surface area (Å²) in [6.45, 7) is -0.222. The molecule has 0 aliphatic heterocycles. The summed E-state index contributed by atoms with van der Waals surface area (Å²) in [5.74, 6) is 18.3. The summed E-state index contributed by atoms with van der Waals surface area (Å²) in [7, 11) is 4.88. The first-order valence-corrected chi connectivity index (χ1v) is 45.5. The van der Waals surface area contributed by atoms with Crippen LogP contribution in [-0.2, 0) is 112 Å². The number of amides is 6. The van der Waals surface area contributed by atoms with Crippen LogP contribution >= 0.6 is 39.9 Å². The van der Waals surface area contributed by atoms with E-state index in [1.165, 1.54) is 75.9 Å². The van der Waals surface area contributed by atoms with Gasteiger partial charge >= 0.3 is 17.1 Å². The number of H-pyrrole nitrogens is 1. The number of aromatic nitrogens is 12. The first-order chi connectivity index (χ1) is 61.5. The molecule has 0 unspecified atom stereocenters. The highest BCUT2D eigenvalue weighted by atomic mass is 79.9. The molecule has 6 fully saturated rings. The number of imidazole rings is 3. The quantitative estimate of drug-likeness (QED) is 0.0152. The first-order valence-electron chi connectivity index (χ1n) is 41.5. The van der Waals surface area contributed by atoms with Gasteiger partial charge < -0.3 is 50.6 Å². The molecule has 0 atom stereocenters. The average molecular weight is 1850 g/mol. The Hall–Kier alpha value is -13.7. The molecule has 18 rings (SSSR count). The minimum Gasteiger partial charge on any atom is -0.326 e. The van der Waals surface area contributed by atoms with Crippen LogP contribution in [0.4, 0.5) is 34.1 Å². The molecular weight excluding hydrogens is 1760 g/mol. The van der Waals surface area contributed by atoms with Gasteiger partial charge in [0.2, 0.25) is 50.4 Å². The van der Waals surface area contributed by atoms with Gasteiger partial charge in [0.1, 0.15) is 5.65 Å². The van der Waals surface area contributed by atoms with Gasteiger partial charge in [-0.2, -0.15) is 4.98 Å². The molecule has 6 aromatic heterocycles. The van der Waals surface area contributed by atoms with E-state index in [0.717, 1.165) is 106 Å². The van der Waals surface area contributed by atoms with Crippen molar-refractivity contribution >= 4 is 153 Å².